The van der Waals surface area contributed by atoms with Gasteiger partial charge in [0.2, 0.25) is 0 Å². The standard InChI is InChI=1S/C36H42O7.C28H44O6.C24H28O5/c1-4-5-6-9-26-42-35(38)30-14-12-28(13-15-30)29-16-22-33(23-17-29)43-36(39)31-18-20-32(21-19-31)40-24-10-7-8-11-25-41-34(37)27(2)3;1-3-32-26(29)16-12-8-6-4-5-7-9-13-17-27(30)33-22-14-10-11-15-23-34-28(31)25-20-18-24(2)19-21-25;1-18(2)23(25)28-17-7-5-4-6-16-27-21-14-10-20(11-15-21)24(26)29-22-12-8-19(3)9-13-22/h12-23H,2,4-11,24-26H2,1,3H3;18-21H,3-17,22-23H2,1-2H3;8-15H,1,4-7,16-17H2,2-3H3. The first-order valence-electron chi connectivity index (χ1n) is 37.9. The molecule has 6 aromatic carbocycles. The van der Waals surface area contributed by atoms with Gasteiger partial charge in [0.05, 0.1) is 75.1 Å². The summed E-state index contributed by atoms with van der Waals surface area (Å²) in [6, 6.07) is 43.0. The van der Waals surface area contributed by atoms with Gasteiger partial charge >= 0.3 is 47.8 Å². The van der Waals surface area contributed by atoms with Crippen LogP contribution in [-0.4, -0.2) is 101 Å². The van der Waals surface area contributed by atoms with Crippen molar-refractivity contribution >= 4 is 47.8 Å². The molecule has 0 unspecified atom stereocenters. The molecule has 106 heavy (non-hydrogen) atoms. The molecule has 0 saturated carbocycles. The average Bonchev–Trinajstić information content (AvgIpc) is 0.845. The van der Waals surface area contributed by atoms with E-state index in [-0.39, 0.29) is 35.8 Å². The molecule has 0 fully saturated rings. The van der Waals surface area contributed by atoms with E-state index >= 15 is 0 Å². The number of unbranched alkanes of at least 4 members (excludes halogenated alkanes) is 19. The van der Waals surface area contributed by atoms with Crippen LogP contribution >= 0.6 is 0 Å². The van der Waals surface area contributed by atoms with Gasteiger partial charge in [-0.1, -0.05) is 138 Å². The predicted molar refractivity (Wildman–Crippen MR) is 413 cm³/mol. The maximum absolute atomic E-state index is 12.6. The summed E-state index contributed by atoms with van der Waals surface area (Å²) in [6.45, 7) is 22.1. The zero-order valence-electron chi connectivity index (χ0n) is 63.7. The molecular formula is C88H114O18. The fraction of sp³-hybridized carbons (Fsp3) is 0.455. The number of rotatable bonds is 49. The molecule has 0 spiro atoms. The van der Waals surface area contributed by atoms with Gasteiger partial charge in [-0.25, -0.2) is 28.8 Å². The first-order valence-corrected chi connectivity index (χ1v) is 37.9. The maximum atomic E-state index is 12.6. The normalized spacial score (nSPS) is 10.5. The van der Waals surface area contributed by atoms with Crippen LogP contribution in [0.3, 0.4) is 0 Å². The quantitative estimate of drug-likeness (QED) is 0.0114. The summed E-state index contributed by atoms with van der Waals surface area (Å²) in [5.74, 6) is 0.0450. The Bertz CT molecular complexity index is 3520. The Morgan fingerprint density at radius 2 is 0.557 bits per heavy atom. The van der Waals surface area contributed by atoms with Crippen LogP contribution in [0.1, 0.15) is 247 Å². The topological polar surface area (TPSA) is 229 Å². The molecule has 18 heteroatoms. The van der Waals surface area contributed by atoms with Crippen molar-refractivity contribution in [2.45, 2.75) is 208 Å². The van der Waals surface area contributed by atoms with Crippen molar-refractivity contribution in [1.82, 2.24) is 0 Å². The molecule has 0 amide bonds. The fourth-order valence-corrected chi connectivity index (χ4v) is 10.3. The van der Waals surface area contributed by atoms with Crippen LogP contribution in [0.2, 0.25) is 0 Å². The lowest BCUT2D eigenvalue weighted by atomic mass is 10.0. The highest BCUT2D eigenvalue weighted by Crippen LogP contribution is 2.25. The van der Waals surface area contributed by atoms with E-state index in [0.29, 0.717) is 122 Å². The second-order valence-corrected chi connectivity index (χ2v) is 26.1. The molecule has 0 N–H and O–H groups in total. The molecule has 0 aromatic heterocycles. The monoisotopic (exact) mass is 1460 g/mol. The Labute approximate surface area is 629 Å². The van der Waals surface area contributed by atoms with E-state index in [1.54, 1.807) is 111 Å². The van der Waals surface area contributed by atoms with Crippen molar-refractivity contribution < 1.29 is 85.7 Å². The van der Waals surface area contributed by atoms with Crippen molar-refractivity contribution in [2.75, 3.05) is 52.9 Å². The summed E-state index contributed by atoms with van der Waals surface area (Å²) in [7, 11) is 0. The molecule has 574 valence electrons. The fourth-order valence-electron chi connectivity index (χ4n) is 10.3. The maximum Gasteiger partial charge on any atom is 0.343 e. The molecule has 0 aliphatic carbocycles. The third-order valence-corrected chi connectivity index (χ3v) is 16.6. The first kappa shape index (κ1) is 88.6. The van der Waals surface area contributed by atoms with Crippen LogP contribution in [0.4, 0.5) is 0 Å². The molecule has 0 bridgehead atoms. The number of benzene rings is 6. The Hall–Kier alpha value is -9.84. The van der Waals surface area contributed by atoms with E-state index in [4.69, 9.17) is 47.4 Å². The van der Waals surface area contributed by atoms with Gasteiger partial charge in [-0.05, 0) is 239 Å². The van der Waals surface area contributed by atoms with Crippen LogP contribution in [0.5, 0.6) is 23.0 Å². The molecule has 0 atom stereocenters. The van der Waals surface area contributed by atoms with Crippen LogP contribution in [0.15, 0.2) is 170 Å². The number of carbonyl (C=O) groups is 8. The summed E-state index contributed by atoms with van der Waals surface area (Å²) in [5, 5.41) is 0. The molecule has 0 saturated heterocycles. The second kappa shape index (κ2) is 54.7. The van der Waals surface area contributed by atoms with Gasteiger partial charge in [0, 0.05) is 24.0 Å². The van der Waals surface area contributed by atoms with Crippen molar-refractivity contribution in [3.63, 3.8) is 0 Å². The molecule has 0 aliphatic heterocycles. The number of hydrogen-bond acceptors (Lipinski definition) is 18. The van der Waals surface area contributed by atoms with E-state index in [1.165, 1.54) is 12.8 Å². The minimum atomic E-state index is -0.454. The van der Waals surface area contributed by atoms with E-state index in [9.17, 15) is 38.4 Å². The lowest BCUT2D eigenvalue weighted by Gasteiger charge is -2.09. The van der Waals surface area contributed by atoms with Crippen LogP contribution in [0.25, 0.3) is 11.1 Å². The Kier molecular flexibility index (Phi) is 45.7. The second-order valence-electron chi connectivity index (χ2n) is 26.1. The molecule has 6 rings (SSSR count). The van der Waals surface area contributed by atoms with Gasteiger partial charge in [-0.15, -0.1) is 0 Å². The number of carbonyl (C=O) groups excluding carboxylic acids is 8. The van der Waals surface area contributed by atoms with Gasteiger partial charge < -0.3 is 47.4 Å². The Balaban J connectivity index is 0.000000344. The molecule has 0 aliphatic rings. The van der Waals surface area contributed by atoms with Gasteiger partial charge in [-0.2, -0.15) is 0 Å². The van der Waals surface area contributed by atoms with Crippen LogP contribution in [-0.2, 0) is 47.6 Å². The van der Waals surface area contributed by atoms with Gasteiger partial charge in [0.25, 0.3) is 0 Å². The molecule has 0 radical (unpaired) electrons. The summed E-state index contributed by atoms with van der Waals surface area (Å²) in [5.41, 5.74) is 6.95. The van der Waals surface area contributed by atoms with Crippen molar-refractivity contribution in [1.29, 1.82) is 0 Å². The number of esters is 8. The highest BCUT2D eigenvalue weighted by atomic mass is 16.6. The third kappa shape index (κ3) is 40.4. The van der Waals surface area contributed by atoms with Crippen molar-refractivity contribution in [2.24, 2.45) is 0 Å². The largest absolute Gasteiger partial charge is 0.494 e. The third-order valence-electron chi connectivity index (χ3n) is 16.6. The smallest absolute Gasteiger partial charge is 0.343 e. The van der Waals surface area contributed by atoms with E-state index in [0.717, 1.165) is 164 Å². The van der Waals surface area contributed by atoms with E-state index in [1.807, 2.05) is 69.3 Å². The number of ether oxygens (including phenoxy) is 10. The van der Waals surface area contributed by atoms with Gasteiger partial charge in [0.15, 0.2) is 0 Å². The minimum absolute atomic E-state index is 0.0914. The van der Waals surface area contributed by atoms with E-state index < -0.39 is 11.9 Å². The Morgan fingerprint density at radius 3 is 0.934 bits per heavy atom. The molecule has 0 heterocycles. The zero-order chi connectivity index (χ0) is 76.8. The lowest BCUT2D eigenvalue weighted by molar-refractivity contribution is -0.144. The predicted octanol–water partition coefficient (Wildman–Crippen LogP) is 20.4. The molecule has 6 aromatic rings. The number of aryl methyl sites for hydroxylation is 2. The molecular weight excluding hydrogens is 1340 g/mol. The van der Waals surface area contributed by atoms with Crippen molar-refractivity contribution in [3.8, 4) is 34.1 Å². The van der Waals surface area contributed by atoms with Gasteiger partial charge in [-0.3, -0.25) is 9.59 Å². The minimum Gasteiger partial charge on any atom is -0.494 e. The highest BCUT2D eigenvalue weighted by Gasteiger charge is 2.14. The summed E-state index contributed by atoms with van der Waals surface area (Å²) in [4.78, 5) is 94.6. The number of hydrogen-bond donors (Lipinski definition) is 0. The summed E-state index contributed by atoms with van der Waals surface area (Å²) < 4.78 is 53.3. The Morgan fingerprint density at radius 1 is 0.283 bits per heavy atom. The summed E-state index contributed by atoms with van der Waals surface area (Å²) in [6.07, 6.45) is 24.7. The lowest BCUT2D eigenvalue weighted by Crippen LogP contribution is -2.08. The first-order chi connectivity index (χ1) is 51.3. The van der Waals surface area contributed by atoms with E-state index in [2.05, 4.69) is 20.1 Å². The van der Waals surface area contributed by atoms with Crippen LogP contribution in [0, 0.1) is 13.8 Å². The zero-order valence-corrected chi connectivity index (χ0v) is 63.7. The summed E-state index contributed by atoms with van der Waals surface area (Å²) >= 11 is 0. The van der Waals surface area contributed by atoms with Crippen LogP contribution < -0.4 is 18.9 Å². The highest BCUT2D eigenvalue weighted by molar-refractivity contribution is 5.93. The van der Waals surface area contributed by atoms with Gasteiger partial charge in [0.1, 0.15) is 23.0 Å². The average molecular weight is 1460 g/mol. The SMILES string of the molecule is C=C(C)C(=O)OCCCCCCOc1ccc(C(=O)Oc2ccc(-c3ccc(C(=O)OCCCCCC)cc3)cc2)cc1.C=C(C)C(=O)OCCCCCCOc1ccc(C(=O)Oc2ccc(C)cc2)cc1.CCOC(=O)CCCCCCCCCCC(=O)OCCCCCCOC(=O)c1ccc(C)cc1. The van der Waals surface area contributed by atoms with Crippen molar-refractivity contribution in [3.05, 3.63) is 203 Å². The molecule has 18 nitrogen and oxygen atoms in total.